The van der Waals surface area contributed by atoms with E-state index in [2.05, 4.69) is 29.5 Å². The first-order valence-corrected chi connectivity index (χ1v) is 12.0. The Kier molecular flexibility index (Phi) is 11.6. The number of aliphatic hydroxyl groups excluding tert-OH is 1. The average molecular weight is 479 g/mol. The fourth-order valence-corrected chi connectivity index (χ4v) is 3.54. The highest BCUT2D eigenvalue weighted by atomic mass is 32.1. The highest BCUT2D eigenvalue weighted by molar-refractivity contribution is 7.17. The molecule has 0 radical (unpaired) electrons. The van der Waals surface area contributed by atoms with E-state index in [1.807, 2.05) is 0 Å². The molecular formula is C23H34N4O5S. The number of anilines is 1. The number of primary amides is 1. The summed E-state index contributed by atoms with van der Waals surface area (Å²) in [7, 11) is 0. The number of aromatic nitrogens is 1. The number of amides is 2. The Bertz CT molecular complexity index is 859. The van der Waals surface area contributed by atoms with Crippen LogP contribution in [0.15, 0.2) is 30.5 Å². The van der Waals surface area contributed by atoms with E-state index < -0.39 is 12.0 Å². The Hall–Kier alpha value is -2.69. The summed E-state index contributed by atoms with van der Waals surface area (Å²) in [4.78, 5) is 27.2. The van der Waals surface area contributed by atoms with Gasteiger partial charge in [0.15, 0.2) is 0 Å². The van der Waals surface area contributed by atoms with Gasteiger partial charge >= 0.3 is 0 Å². The highest BCUT2D eigenvalue weighted by Crippen LogP contribution is 2.25. The van der Waals surface area contributed by atoms with Crippen molar-refractivity contribution >= 4 is 28.2 Å². The summed E-state index contributed by atoms with van der Waals surface area (Å²) in [6.07, 6.45) is 4.37. The van der Waals surface area contributed by atoms with Crippen LogP contribution in [0, 0.1) is 5.92 Å². The van der Waals surface area contributed by atoms with Crippen molar-refractivity contribution in [3.8, 4) is 10.9 Å². The number of aliphatic hydroxyl groups is 1. The van der Waals surface area contributed by atoms with Crippen LogP contribution in [-0.2, 0) is 4.79 Å². The van der Waals surface area contributed by atoms with Gasteiger partial charge in [0.25, 0.3) is 5.19 Å². The molecule has 1 aromatic carbocycles. The first-order valence-electron chi connectivity index (χ1n) is 11.2. The minimum atomic E-state index is -0.720. The first kappa shape index (κ1) is 26.6. The number of benzene rings is 1. The van der Waals surface area contributed by atoms with Gasteiger partial charge in [0.1, 0.15) is 30.1 Å². The third-order valence-electron chi connectivity index (χ3n) is 5.01. The van der Waals surface area contributed by atoms with Crippen LogP contribution < -0.4 is 25.8 Å². The molecule has 1 aromatic heterocycles. The van der Waals surface area contributed by atoms with Gasteiger partial charge in [-0.05, 0) is 36.6 Å². The molecule has 0 fully saturated rings. The lowest BCUT2D eigenvalue weighted by molar-refractivity contribution is -0.116. The largest absolute Gasteiger partial charge is 0.492 e. The van der Waals surface area contributed by atoms with Crippen LogP contribution in [0.3, 0.4) is 0 Å². The van der Waals surface area contributed by atoms with Crippen LogP contribution in [0.4, 0.5) is 5.00 Å². The van der Waals surface area contributed by atoms with E-state index in [0.29, 0.717) is 53.5 Å². The molecule has 2 atom stereocenters. The first-order chi connectivity index (χ1) is 15.9. The summed E-state index contributed by atoms with van der Waals surface area (Å²) in [6, 6.07) is 6.58. The number of rotatable bonds is 16. The van der Waals surface area contributed by atoms with Crippen molar-refractivity contribution in [3.63, 3.8) is 0 Å². The Labute approximate surface area is 198 Å². The highest BCUT2D eigenvalue weighted by Gasteiger charge is 2.10. The van der Waals surface area contributed by atoms with E-state index in [4.69, 9.17) is 15.2 Å². The molecule has 9 nitrogen and oxygen atoms in total. The summed E-state index contributed by atoms with van der Waals surface area (Å²) in [5.41, 5.74) is 5.62. The average Bonchev–Trinajstić information content (AvgIpc) is 3.24. The number of carbonyl (C=O) groups excluding carboxylic acids is 2. The van der Waals surface area contributed by atoms with Crippen molar-refractivity contribution in [1.29, 1.82) is 0 Å². The van der Waals surface area contributed by atoms with Gasteiger partial charge in [-0.15, -0.1) is 0 Å². The summed E-state index contributed by atoms with van der Waals surface area (Å²) in [5.74, 6) is 0.763. The Morgan fingerprint density at radius 3 is 2.70 bits per heavy atom. The quantitative estimate of drug-likeness (QED) is 0.272. The second-order valence-corrected chi connectivity index (χ2v) is 8.84. The molecule has 10 heteroatoms. The standard InChI is InChI=1S/C23H34N4O5S/c1-3-16(2)5-4-6-20(29)27-21-14-26-23(33-21)32-15-18(28)13-25-11-12-31-19-9-7-17(8-10-19)22(24)30/h7-10,14,16,18,25,28H,3-6,11-13,15H2,1-2H3,(H2,24,30)(H,27,29). The minimum Gasteiger partial charge on any atom is -0.492 e. The SMILES string of the molecule is CCC(C)CCCC(=O)Nc1cnc(OCC(O)CNCCOc2ccc(C(N)=O)cc2)s1. The van der Waals surface area contributed by atoms with Gasteiger partial charge < -0.3 is 30.9 Å². The van der Waals surface area contributed by atoms with E-state index in [-0.39, 0.29) is 12.5 Å². The normalized spacial score (nSPS) is 12.7. The molecule has 0 saturated carbocycles. The van der Waals surface area contributed by atoms with E-state index in [9.17, 15) is 14.7 Å². The second kappa shape index (κ2) is 14.5. The lowest BCUT2D eigenvalue weighted by atomic mass is 10.0. The summed E-state index contributed by atoms with van der Waals surface area (Å²) >= 11 is 1.23. The molecule has 0 bridgehead atoms. The van der Waals surface area contributed by atoms with Crippen LogP contribution in [0.25, 0.3) is 0 Å². The number of thiazole rings is 1. The number of hydrogen-bond acceptors (Lipinski definition) is 8. The summed E-state index contributed by atoms with van der Waals surface area (Å²) < 4.78 is 11.1. The number of nitrogens with one attached hydrogen (secondary N) is 2. The topological polar surface area (TPSA) is 136 Å². The van der Waals surface area contributed by atoms with E-state index in [0.717, 1.165) is 19.3 Å². The maximum atomic E-state index is 12.0. The molecule has 0 aliphatic rings. The van der Waals surface area contributed by atoms with Crippen molar-refractivity contribution in [2.24, 2.45) is 11.7 Å². The molecule has 1 heterocycles. The van der Waals surface area contributed by atoms with Gasteiger partial charge in [-0.25, -0.2) is 4.98 Å². The fraction of sp³-hybridized carbons (Fsp3) is 0.522. The van der Waals surface area contributed by atoms with Gasteiger partial charge in [-0.3, -0.25) is 9.59 Å². The third kappa shape index (κ3) is 10.6. The summed E-state index contributed by atoms with van der Waals surface area (Å²) in [5, 5.41) is 17.0. The predicted octanol–water partition coefficient (Wildman–Crippen LogP) is 2.81. The number of nitrogens with zero attached hydrogens (tertiary/aromatic N) is 1. The van der Waals surface area contributed by atoms with Crippen LogP contribution in [0.5, 0.6) is 10.9 Å². The van der Waals surface area contributed by atoms with E-state index in [1.165, 1.54) is 11.3 Å². The van der Waals surface area contributed by atoms with Crippen molar-refractivity contribution in [2.75, 3.05) is 31.6 Å². The van der Waals surface area contributed by atoms with E-state index in [1.54, 1.807) is 30.5 Å². The number of ether oxygens (including phenoxy) is 2. The van der Waals surface area contributed by atoms with Gasteiger partial charge in [-0.1, -0.05) is 38.0 Å². The molecule has 0 spiro atoms. The summed E-state index contributed by atoms with van der Waals surface area (Å²) in [6.45, 7) is 5.68. The van der Waals surface area contributed by atoms with Crippen LogP contribution in [0.1, 0.15) is 49.9 Å². The molecule has 0 aliphatic heterocycles. The lowest BCUT2D eigenvalue weighted by Gasteiger charge is -2.12. The molecule has 33 heavy (non-hydrogen) atoms. The molecule has 2 unspecified atom stereocenters. The molecule has 2 aromatic rings. The van der Waals surface area contributed by atoms with Crippen molar-refractivity contribution in [1.82, 2.24) is 10.3 Å². The zero-order valence-corrected chi connectivity index (χ0v) is 20.0. The van der Waals surface area contributed by atoms with Gasteiger partial charge in [0.2, 0.25) is 11.8 Å². The van der Waals surface area contributed by atoms with Crippen molar-refractivity contribution < 1.29 is 24.2 Å². The predicted molar refractivity (Wildman–Crippen MR) is 129 cm³/mol. The molecular weight excluding hydrogens is 444 g/mol. The maximum absolute atomic E-state index is 12.0. The number of nitrogens with two attached hydrogens (primary N) is 1. The van der Waals surface area contributed by atoms with Crippen molar-refractivity contribution in [2.45, 2.75) is 45.6 Å². The Morgan fingerprint density at radius 2 is 2.00 bits per heavy atom. The third-order valence-corrected chi connectivity index (χ3v) is 5.84. The van der Waals surface area contributed by atoms with Gasteiger partial charge in [-0.2, -0.15) is 0 Å². The lowest BCUT2D eigenvalue weighted by Crippen LogP contribution is -2.33. The maximum Gasteiger partial charge on any atom is 0.275 e. The molecule has 182 valence electrons. The van der Waals surface area contributed by atoms with E-state index >= 15 is 0 Å². The monoisotopic (exact) mass is 478 g/mol. The minimum absolute atomic E-state index is 0.0243. The fourth-order valence-electron chi connectivity index (χ4n) is 2.85. The number of carbonyl (C=O) groups is 2. The van der Waals surface area contributed by atoms with Crippen LogP contribution in [0.2, 0.25) is 0 Å². The van der Waals surface area contributed by atoms with Gasteiger partial charge in [0.05, 0.1) is 6.20 Å². The molecule has 5 N–H and O–H groups in total. The van der Waals surface area contributed by atoms with Crippen molar-refractivity contribution in [3.05, 3.63) is 36.0 Å². The molecule has 0 saturated heterocycles. The zero-order valence-electron chi connectivity index (χ0n) is 19.2. The van der Waals surface area contributed by atoms with Gasteiger partial charge in [0, 0.05) is 25.1 Å². The Balaban J connectivity index is 1.56. The smallest absolute Gasteiger partial charge is 0.275 e. The Morgan fingerprint density at radius 1 is 1.24 bits per heavy atom. The van der Waals surface area contributed by atoms with Crippen LogP contribution in [-0.4, -0.2) is 54.3 Å². The number of hydrogen-bond donors (Lipinski definition) is 4. The van der Waals surface area contributed by atoms with Crippen LogP contribution >= 0.6 is 11.3 Å². The second-order valence-electron chi connectivity index (χ2n) is 7.85. The molecule has 0 aliphatic carbocycles. The zero-order chi connectivity index (χ0) is 24.1. The molecule has 2 amide bonds. The molecule has 2 rings (SSSR count).